The standard InChI is InChI=1S/C14H12O4/c1-14(12-6-7-13(16)17-12)8-10(15)9-4-2-3-5-11(9)18-14/h2-7,12H,8H2,1H3/t12-,14+/m0/s1. The summed E-state index contributed by atoms with van der Waals surface area (Å²) < 4.78 is 11.0. The third kappa shape index (κ3) is 1.61. The van der Waals surface area contributed by atoms with Crippen molar-refractivity contribution in [1.82, 2.24) is 0 Å². The summed E-state index contributed by atoms with van der Waals surface area (Å²) in [7, 11) is 0. The summed E-state index contributed by atoms with van der Waals surface area (Å²) in [5, 5.41) is 0. The summed E-state index contributed by atoms with van der Waals surface area (Å²) in [6.45, 7) is 1.79. The van der Waals surface area contributed by atoms with E-state index in [1.54, 1.807) is 31.2 Å². The highest BCUT2D eigenvalue weighted by Crippen LogP contribution is 2.37. The van der Waals surface area contributed by atoms with E-state index >= 15 is 0 Å². The maximum Gasteiger partial charge on any atom is 0.331 e. The minimum atomic E-state index is -0.825. The minimum Gasteiger partial charge on any atom is -0.482 e. The minimum absolute atomic E-state index is 0.00991. The van der Waals surface area contributed by atoms with Gasteiger partial charge in [-0.3, -0.25) is 4.79 Å². The zero-order valence-electron chi connectivity index (χ0n) is 9.88. The molecule has 0 bridgehead atoms. The molecule has 1 aromatic rings. The Morgan fingerprint density at radius 3 is 2.78 bits per heavy atom. The molecule has 0 fully saturated rings. The van der Waals surface area contributed by atoms with Crippen molar-refractivity contribution in [2.24, 2.45) is 0 Å². The predicted octanol–water partition coefficient (Wildman–Crippen LogP) is 1.89. The molecule has 2 aliphatic heterocycles. The Kier molecular flexibility index (Phi) is 2.26. The van der Waals surface area contributed by atoms with Crippen LogP contribution < -0.4 is 4.74 Å². The van der Waals surface area contributed by atoms with E-state index < -0.39 is 17.7 Å². The van der Waals surface area contributed by atoms with Crippen molar-refractivity contribution in [3.63, 3.8) is 0 Å². The predicted molar refractivity (Wildman–Crippen MR) is 63.4 cm³/mol. The number of rotatable bonds is 1. The summed E-state index contributed by atoms with van der Waals surface area (Å²) in [6.07, 6.45) is 2.70. The lowest BCUT2D eigenvalue weighted by Gasteiger charge is -2.37. The van der Waals surface area contributed by atoms with Gasteiger partial charge in [-0.05, 0) is 25.1 Å². The molecular weight excluding hydrogens is 232 g/mol. The molecule has 2 aliphatic rings. The van der Waals surface area contributed by atoms with E-state index in [-0.39, 0.29) is 12.2 Å². The lowest BCUT2D eigenvalue weighted by molar-refractivity contribution is -0.146. The first-order valence-corrected chi connectivity index (χ1v) is 5.78. The summed E-state index contributed by atoms with van der Waals surface area (Å²) in [6, 6.07) is 7.12. The largest absolute Gasteiger partial charge is 0.482 e. The third-order valence-electron chi connectivity index (χ3n) is 3.29. The van der Waals surface area contributed by atoms with Crippen molar-refractivity contribution in [2.45, 2.75) is 25.0 Å². The van der Waals surface area contributed by atoms with Crippen LogP contribution in [0.2, 0.25) is 0 Å². The number of hydrogen-bond acceptors (Lipinski definition) is 4. The highest BCUT2D eigenvalue weighted by atomic mass is 16.6. The molecule has 0 saturated carbocycles. The molecule has 0 unspecified atom stereocenters. The van der Waals surface area contributed by atoms with Gasteiger partial charge in [-0.2, -0.15) is 0 Å². The number of esters is 1. The van der Waals surface area contributed by atoms with Gasteiger partial charge in [0.15, 0.2) is 17.5 Å². The maximum atomic E-state index is 12.1. The summed E-state index contributed by atoms with van der Waals surface area (Å²) >= 11 is 0. The second kappa shape index (κ2) is 3.70. The fourth-order valence-electron chi connectivity index (χ4n) is 2.34. The van der Waals surface area contributed by atoms with Gasteiger partial charge in [0.1, 0.15) is 5.75 Å². The quantitative estimate of drug-likeness (QED) is 0.708. The topological polar surface area (TPSA) is 52.6 Å². The van der Waals surface area contributed by atoms with Gasteiger partial charge >= 0.3 is 5.97 Å². The van der Waals surface area contributed by atoms with Crippen molar-refractivity contribution in [2.75, 3.05) is 0 Å². The van der Waals surface area contributed by atoms with Crippen molar-refractivity contribution in [3.8, 4) is 5.75 Å². The Bertz CT molecular complexity index is 561. The first-order valence-electron chi connectivity index (χ1n) is 5.78. The van der Waals surface area contributed by atoms with E-state index in [4.69, 9.17) is 9.47 Å². The van der Waals surface area contributed by atoms with Crippen LogP contribution in [0.15, 0.2) is 36.4 Å². The number of carbonyl (C=O) groups is 2. The van der Waals surface area contributed by atoms with Gasteiger partial charge in [0.2, 0.25) is 0 Å². The van der Waals surface area contributed by atoms with Crippen LogP contribution in [0.3, 0.4) is 0 Å². The number of ketones is 1. The monoisotopic (exact) mass is 244 g/mol. The molecule has 0 saturated heterocycles. The molecule has 4 nitrogen and oxygen atoms in total. The van der Waals surface area contributed by atoms with Gasteiger partial charge in [-0.1, -0.05) is 12.1 Å². The second-order valence-corrected chi connectivity index (χ2v) is 4.73. The number of para-hydroxylation sites is 1. The summed E-state index contributed by atoms with van der Waals surface area (Å²) in [4.78, 5) is 23.2. The average molecular weight is 244 g/mol. The Morgan fingerprint density at radius 1 is 1.28 bits per heavy atom. The first kappa shape index (κ1) is 11.0. The van der Waals surface area contributed by atoms with E-state index in [2.05, 4.69) is 0 Å². The number of carbonyl (C=O) groups excluding carboxylic acids is 2. The number of Topliss-reactive ketones (excluding diaryl/α,β-unsaturated/α-hetero) is 1. The van der Waals surface area contributed by atoms with Gasteiger partial charge in [-0.25, -0.2) is 4.79 Å². The number of hydrogen-bond donors (Lipinski definition) is 0. The Hall–Kier alpha value is -2.10. The number of fused-ring (bicyclic) bond motifs is 1. The van der Waals surface area contributed by atoms with E-state index in [1.165, 1.54) is 6.08 Å². The van der Waals surface area contributed by atoms with Gasteiger partial charge < -0.3 is 9.47 Å². The molecule has 0 aromatic heterocycles. The van der Waals surface area contributed by atoms with Crippen molar-refractivity contribution >= 4 is 11.8 Å². The van der Waals surface area contributed by atoms with Crippen molar-refractivity contribution in [3.05, 3.63) is 42.0 Å². The fourth-order valence-corrected chi connectivity index (χ4v) is 2.34. The molecule has 0 aliphatic carbocycles. The highest BCUT2D eigenvalue weighted by Gasteiger charge is 2.45. The highest BCUT2D eigenvalue weighted by molar-refractivity contribution is 6.00. The van der Waals surface area contributed by atoms with Gasteiger partial charge in [0.25, 0.3) is 0 Å². The smallest absolute Gasteiger partial charge is 0.331 e. The van der Waals surface area contributed by atoms with Crippen LogP contribution in [0.25, 0.3) is 0 Å². The van der Waals surface area contributed by atoms with Gasteiger partial charge in [0.05, 0.1) is 12.0 Å². The van der Waals surface area contributed by atoms with E-state index in [9.17, 15) is 9.59 Å². The van der Waals surface area contributed by atoms with Gasteiger partial charge in [0, 0.05) is 6.08 Å². The molecule has 2 heterocycles. The Balaban J connectivity index is 1.96. The maximum absolute atomic E-state index is 12.1. The van der Waals surface area contributed by atoms with E-state index in [0.717, 1.165) is 0 Å². The van der Waals surface area contributed by atoms with Crippen molar-refractivity contribution in [1.29, 1.82) is 0 Å². The number of cyclic esters (lactones) is 1. The molecule has 0 N–H and O–H groups in total. The molecule has 2 atom stereocenters. The molecule has 0 spiro atoms. The second-order valence-electron chi connectivity index (χ2n) is 4.73. The summed E-state index contributed by atoms with van der Waals surface area (Å²) in [5.41, 5.74) is -0.239. The van der Waals surface area contributed by atoms with Crippen LogP contribution in [0.4, 0.5) is 0 Å². The molecule has 92 valence electrons. The molecular formula is C14H12O4. The summed E-state index contributed by atoms with van der Waals surface area (Å²) in [5.74, 6) is 0.166. The van der Waals surface area contributed by atoms with E-state index in [0.29, 0.717) is 11.3 Å². The SMILES string of the molecule is C[C@]1([C@@H]2C=CC(=O)O2)CC(=O)c2ccccc2O1. The lowest BCUT2D eigenvalue weighted by Crippen LogP contribution is -2.48. The lowest BCUT2D eigenvalue weighted by atomic mass is 9.87. The Morgan fingerprint density at radius 2 is 2.06 bits per heavy atom. The average Bonchev–Trinajstić information content (AvgIpc) is 2.76. The van der Waals surface area contributed by atoms with Crippen LogP contribution in [-0.4, -0.2) is 23.5 Å². The van der Waals surface area contributed by atoms with Crippen molar-refractivity contribution < 1.29 is 19.1 Å². The first-order chi connectivity index (χ1) is 8.58. The Labute approximate surface area is 104 Å². The van der Waals surface area contributed by atoms with Crippen LogP contribution in [0.1, 0.15) is 23.7 Å². The van der Waals surface area contributed by atoms with Crippen LogP contribution in [0, 0.1) is 0 Å². The molecule has 18 heavy (non-hydrogen) atoms. The molecule has 3 rings (SSSR count). The third-order valence-corrected chi connectivity index (χ3v) is 3.29. The molecule has 4 heteroatoms. The molecule has 0 amide bonds. The zero-order chi connectivity index (χ0) is 12.8. The van der Waals surface area contributed by atoms with Crippen LogP contribution >= 0.6 is 0 Å². The van der Waals surface area contributed by atoms with Crippen LogP contribution in [-0.2, 0) is 9.53 Å². The van der Waals surface area contributed by atoms with Gasteiger partial charge in [-0.15, -0.1) is 0 Å². The molecule has 1 aromatic carbocycles. The number of ether oxygens (including phenoxy) is 2. The van der Waals surface area contributed by atoms with E-state index in [1.807, 2.05) is 6.07 Å². The van der Waals surface area contributed by atoms with Crippen LogP contribution in [0.5, 0.6) is 5.75 Å². The number of benzene rings is 1. The zero-order valence-corrected chi connectivity index (χ0v) is 9.88. The normalized spacial score (nSPS) is 29.7. The molecule has 0 radical (unpaired) electrons. The fraction of sp³-hybridized carbons (Fsp3) is 0.286.